The van der Waals surface area contributed by atoms with Gasteiger partial charge in [-0.15, -0.1) is 0 Å². The molecule has 2 rings (SSSR count). The molecule has 29 heavy (non-hydrogen) atoms. The lowest BCUT2D eigenvalue weighted by Gasteiger charge is -2.23. The lowest BCUT2D eigenvalue weighted by atomic mass is 10.1. The summed E-state index contributed by atoms with van der Waals surface area (Å²) >= 11 is 0. The van der Waals surface area contributed by atoms with E-state index < -0.39 is 10.8 Å². The van der Waals surface area contributed by atoms with E-state index in [0.29, 0.717) is 5.69 Å². The first-order valence-corrected chi connectivity index (χ1v) is 8.99. The van der Waals surface area contributed by atoms with Gasteiger partial charge in [0.25, 0.3) is 11.6 Å². The highest BCUT2D eigenvalue weighted by Gasteiger charge is 2.23. The molecule has 2 aromatic rings. The third-order valence-corrected chi connectivity index (χ3v) is 4.31. The molecular formula is C20H23FN4O4. The third-order valence-electron chi connectivity index (χ3n) is 4.31. The largest absolute Gasteiger partial charge is 0.377 e. The van der Waals surface area contributed by atoms with Crippen LogP contribution in [0, 0.1) is 15.9 Å². The van der Waals surface area contributed by atoms with E-state index in [0.717, 1.165) is 5.56 Å². The number of nitrogens with zero attached hydrogens (tertiary/aromatic N) is 3. The van der Waals surface area contributed by atoms with E-state index >= 15 is 0 Å². The lowest BCUT2D eigenvalue weighted by molar-refractivity contribution is -0.384. The highest BCUT2D eigenvalue weighted by atomic mass is 19.1. The molecule has 1 N–H and O–H groups in total. The number of anilines is 1. The van der Waals surface area contributed by atoms with Crippen molar-refractivity contribution >= 4 is 23.2 Å². The van der Waals surface area contributed by atoms with Crippen LogP contribution in [0.25, 0.3) is 0 Å². The summed E-state index contributed by atoms with van der Waals surface area (Å²) in [4.78, 5) is 38.8. The number of carbonyl (C=O) groups is 2. The van der Waals surface area contributed by atoms with Gasteiger partial charge in [0, 0.05) is 45.0 Å². The molecule has 2 amide bonds. The fraction of sp³-hybridized carbons (Fsp3) is 0.300. The summed E-state index contributed by atoms with van der Waals surface area (Å²) in [7, 11) is 3.45. The number of rotatable bonds is 8. The Morgan fingerprint density at radius 1 is 1.14 bits per heavy atom. The molecule has 0 radical (unpaired) electrons. The van der Waals surface area contributed by atoms with Gasteiger partial charge < -0.3 is 15.1 Å². The normalized spacial score (nSPS) is 10.3. The summed E-state index contributed by atoms with van der Waals surface area (Å²) in [6.45, 7) is 1.97. The van der Waals surface area contributed by atoms with Crippen molar-refractivity contribution in [1.29, 1.82) is 0 Å². The van der Waals surface area contributed by atoms with Gasteiger partial charge in [0.2, 0.25) is 5.91 Å². The zero-order valence-electron chi connectivity index (χ0n) is 16.5. The molecule has 8 nitrogen and oxygen atoms in total. The molecule has 0 saturated heterocycles. The van der Waals surface area contributed by atoms with Crippen LogP contribution in [-0.4, -0.2) is 48.8 Å². The Balaban J connectivity index is 2.13. The average Bonchev–Trinajstić information content (AvgIpc) is 2.70. The Morgan fingerprint density at radius 2 is 1.79 bits per heavy atom. The van der Waals surface area contributed by atoms with Crippen LogP contribution in [0.4, 0.5) is 15.8 Å². The van der Waals surface area contributed by atoms with Gasteiger partial charge in [0.1, 0.15) is 5.82 Å². The van der Waals surface area contributed by atoms with Crippen LogP contribution in [0.15, 0.2) is 42.5 Å². The molecule has 0 aliphatic heterocycles. The molecular weight excluding hydrogens is 379 g/mol. The number of likely N-dealkylation sites (N-methyl/N-ethyl adjacent to an activating group) is 1. The Hall–Kier alpha value is -3.49. The van der Waals surface area contributed by atoms with Crippen molar-refractivity contribution in [2.45, 2.75) is 13.5 Å². The topological polar surface area (TPSA) is 95.8 Å². The monoisotopic (exact) mass is 402 g/mol. The van der Waals surface area contributed by atoms with Gasteiger partial charge in [0.05, 0.1) is 17.0 Å². The van der Waals surface area contributed by atoms with Crippen molar-refractivity contribution in [3.05, 3.63) is 69.5 Å². The van der Waals surface area contributed by atoms with Crippen LogP contribution in [0.5, 0.6) is 0 Å². The first kappa shape index (κ1) is 21.8. The Labute approximate surface area is 168 Å². The molecule has 154 valence electrons. The standard InChI is InChI=1S/C20H23FN4O4/c1-4-24(13-19(26)22-12-14-5-7-15(21)8-6-14)20(27)17-11-16(25(28)29)9-10-18(17)23(2)3/h5-11H,4,12-13H2,1-3H3,(H,22,26). The predicted molar refractivity (Wildman–Crippen MR) is 107 cm³/mol. The van der Waals surface area contributed by atoms with Crippen LogP contribution in [-0.2, 0) is 11.3 Å². The van der Waals surface area contributed by atoms with Gasteiger partial charge in [0.15, 0.2) is 0 Å². The number of nitrogens with one attached hydrogen (secondary N) is 1. The summed E-state index contributed by atoms with van der Waals surface area (Å²) in [5, 5.41) is 13.8. The maximum Gasteiger partial charge on any atom is 0.270 e. The lowest BCUT2D eigenvalue weighted by Crippen LogP contribution is -2.40. The highest BCUT2D eigenvalue weighted by molar-refractivity contribution is 6.01. The Morgan fingerprint density at radius 3 is 2.34 bits per heavy atom. The van der Waals surface area contributed by atoms with Gasteiger partial charge in [-0.2, -0.15) is 0 Å². The number of halogens is 1. The fourth-order valence-corrected chi connectivity index (χ4v) is 2.73. The molecule has 2 aromatic carbocycles. The van der Waals surface area contributed by atoms with Crippen molar-refractivity contribution in [2.24, 2.45) is 0 Å². The fourth-order valence-electron chi connectivity index (χ4n) is 2.73. The summed E-state index contributed by atoms with van der Waals surface area (Å²) in [5.74, 6) is -1.23. The van der Waals surface area contributed by atoms with Crippen LogP contribution in [0.1, 0.15) is 22.8 Å². The predicted octanol–water partition coefficient (Wildman–Crippen LogP) is 2.58. The molecule has 0 bridgehead atoms. The van der Waals surface area contributed by atoms with Gasteiger partial charge >= 0.3 is 0 Å². The van der Waals surface area contributed by atoms with E-state index in [1.165, 1.54) is 35.2 Å². The molecule has 0 aliphatic rings. The summed E-state index contributed by atoms with van der Waals surface area (Å²) in [6, 6.07) is 9.78. The molecule has 0 saturated carbocycles. The number of hydrogen-bond acceptors (Lipinski definition) is 5. The number of non-ortho nitro benzene ring substituents is 1. The van der Waals surface area contributed by atoms with Crippen LogP contribution in [0.3, 0.4) is 0 Å². The van der Waals surface area contributed by atoms with Crippen molar-refractivity contribution in [3.8, 4) is 0 Å². The minimum absolute atomic E-state index is 0.150. The summed E-state index contributed by atoms with van der Waals surface area (Å²) < 4.78 is 12.9. The SMILES string of the molecule is CCN(CC(=O)NCc1ccc(F)cc1)C(=O)c1cc([N+](=O)[O-])ccc1N(C)C. The van der Waals surface area contributed by atoms with E-state index in [2.05, 4.69) is 5.32 Å². The number of amides is 2. The molecule has 0 atom stereocenters. The van der Waals surface area contributed by atoms with Crippen molar-refractivity contribution in [3.63, 3.8) is 0 Å². The Kier molecular flexibility index (Phi) is 7.24. The zero-order valence-corrected chi connectivity index (χ0v) is 16.5. The molecule has 0 aromatic heterocycles. The third kappa shape index (κ3) is 5.74. The highest BCUT2D eigenvalue weighted by Crippen LogP contribution is 2.25. The van der Waals surface area contributed by atoms with Crippen LogP contribution >= 0.6 is 0 Å². The average molecular weight is 402 g/mol. The summed E-state index contributed by atoms with van der Waals surface area (Å²) in [5.41, 5.74) is 1.20. The van der Waals surface area contributed by atoms with Gasteiger partial charge in [-0.3, -0.25) is 19.7 Å². The number of hydrogen-bond donors (Lipinski definition) is 1. The molecule has 0 heterocycles. The zero-order chi connectivity index (χ0) is 21.6. The maximum absolute atomic E-state index is 13.0. The van der Waals surface area contributed by atoms with Crippen molar-refractivity contribution in [1.82, 2.24) is 10.2 Å². The van der Waals surface area contributed by atoms with E-state index in [1.807, 2.05) is 0 Å². The van der Waals surface area contributed by atoms with E-state index in [9.17, 15) is 24.1 Å². The smallest absolute Gasteiger partial charge is 0.270 e. The maximum atomic E-state index is 13.0. The summed E-state index contributed by atoms with van der Waals surface area (Å²) in [6.07, 6.45) is 0. The number of benzene rings is 2. The Bertz CT molecular complexity index is 900. The second-order valence-corrected chi connectivity index (χ2v) is 6.58. The van der Waals surface area contributed by atoms with Crippen molar-refractivity contribution in [2.75, 3.05) is 32.1 Å². The molecule has 9 heteroatoms. The minimum Gasteiger partial charge on any atom is -0.377 e. The van der Waals surface area contributed by atoms with E-state index in [4.69, 9.17) is 0 Å². The van der Waals surface area contributed by atoms with Gasteiger partial charge in [-0.05, 0) is 30.7 Å². The second kappa shape index (κ2) is 9.63. The second-order valence-electron chi connectivity index (χ2n) is 6.58. The first-order valence-electron chi connectivity index (χ1n) is 8.99. The molecule has 0 fully saturated rings. The van der Waals surface area contributed by atoms with E-state index in [1.54, 1.807) is 38.1 Å². The van der Waals surface area contributed by atoms with Crippen LogP contribution < -0.4 is 10.2 Å². The number of carbonyl (C=O) groups excluding carboxylic acids is 2. The number of nitro benzene ring substituents is 1. The van der Waals surface area contributed by atoms with Crippen LogP contribution in [0.2, 0.25) is 0 Å². The molecule has 0 aliphatic carbocycles. The minimum atomic E-state index is -0.568. The van der Waals surface area contributed by atoms with Gasteiger partial charge in [-0.1, -0.05) is 12.1 Å². The van der Waals surface area contributed by atoms with E-state index in [-0.39, 0.29) is 42.6 Å². The van der Waals surface area contributed by atoms with Crippen molar-refractivity contribution < 1.29 is 18.9 Å². The quantitative estimate of drug-likeness (QED) is 0.541. The number of nitro groups is 1. The first-order chi connectivity index (χ1) is 13.7. The molecule has 0 unspecified atom stereocenters. The molecule has 0 spiro atoms. The van der Waals surface area contributed by atoms with Gasteiger partial charge in [-0.25, -0.2) is 4.39 Å².